The van der Waals surface area contributed by atoms with Crippen molar-refractivity contribution >= 4 is 50.1 Å². The zero-order valence-corrected chi connectivity index (χ0v) is 28.6. The zero-order chi connectivity index (χ0) is 35.5. The van der Waals surface area contributed by atoms with Gasteiger partial charge >= 0.3 is 6.03 Å². The number of pyridine rings is 1. The van der Waals surface area contributed by atoms with Crippen LogP contribution in [0.2, 0.25) is 0 Å². The Morgan fingerprint density at radius 2 is 1.29 bits per heavy atom. The molecule has 3 aromatic heterocycles. The fourth-order valence-electron chi connectivity index (χ4n) is 5.90. The molecule has 0 saturated heterocycles. The lowest BCUT2D eigenvalue weighted by Crippen LogP contribution is -2.19. The minimum atomic E-state index is -4.10. The van der Waals surface area contributed by atoms with Gasteiger partial charge in [-0.05, 0) is 78.7 Å². The van der Waals surface area contributed by atoms with Crippen molar-refractivity contribution in [2.24, 2.45) is 0 Å². The lowest BCUT2D eigenvalue weighted by molar-refractivity contribution is -0.114. The summed E-state index contributed by atoms with van der Waals surface area (Å²) < 4.78 is 31.8. The number of para-hydroxylation sites is 1. The van der Waals surface area contributed by atoms with E-state index in [1.54, 1.807) is 60.8 Å². The number of aryl methyl sites for hydroxylation is 1. The summed E-state index contributed by atoms with van der Waals surface area (Å²) in [6, 6.07) is 35.1. The first-order chi connectivity index (χ1) is 24.7. The van der Waals surface area contributed by atoms with Gasteiger partial charge in [-0.3, -0.25) is 9.48 Å². The average molecular weight is 696 g/mol. The summed E-state index contributed by atoms with van der Waals surface area (Å²) in [6.07, 6.45) is 3.54. The first-order valence-corrected chi connectivity index (χ1v) is 17.7. The van der Waals surface area contributed by atoms with E-state index in [4.69, 9.17) is 5.10 Å². The predicted molar refractivity (Wildman–Crippen MR) is 200 cm³/mol. The van der Waals surface area contributed by atoms with Crippen LogP contribution in [0.3, 0.4) is 0 Å². The maximum Gasteiger partial charge on any atom is 0.323 e. The molecule has 3 heterocycles. The Kier molecular flexibility index (Phi) is 8.90. The fraction of sp³-hybridized carbons (Fsp3) is 0.0769. The molecular formula is C39H33N7O4S. The Morgan fingerprint density at radius 1 is 0.706 bits per heavy atom. The number of urea groups is 1. The molecule has 51 heavy (non-hydrogen) atoms. The number of nitrogens with zero attached hydrogens (tertiary/aromatic N) is 4. The van der Waals surface area contributed by atoms with E-state index >= 15 is 0 Å². The normalized spacial score (nSPS) is 11.3. The van der Waals surface area contributed by atoms with Gasteiger partial charge in [-0.1, -0.05) is 60.7 Å². The van der Waals surface area contributed by atoms with E-state index < -0.39 is 10.0 Å². The summed E-state index contributed by atoms with van der Waals surface area (Å²) >= 11 is 0. The Balaban J connectivity index is 1.32. The van der Waals surface area contributed by atoms with E-state index in [0.717, 1.165) is 16.7 Å². The highest BCUT2D eigenvalue weighted by molar-refractivity contribution is 7.90. The molecule has 0 aliphatic heterocycles. The third-order valence-corrected chi connectivity index (χ3v) is 9.99. The van der Waals surface area contributed by atoms with Gasteiger partial charge in [0.05, 0.1) is 10.6 Å². The van der Waals surface area contributed by atoms with Crippen molar-refractivity contribution in [3.63, 3.8) is 0 Å². The first kappa shape index (κ1) is 33.0. The van der Waals surface area contributed by atoms with E-state index in [0.29, 0.717) is 45.9 Å². The second-order valence-electron chi connectivity index (χ2n) is 11.7. The molecule has 3 N–H and O–H groups in total. The van der Waals surface area contributed by atoms with Crippen LogP contribution in [0, 0.1) is 0 Å². The van der Waals surface area contributed by atoms with Crippen molar-refractivity contribution < 1.29 is 18.0 Å². The Bertz CT molecular complexity index is 2480. The molecule has 4 aromatic carbocycles. The molecule has 0 aliphatic rings. The van der Waals surface area contributed by atoms with Crippen molar-refractivity contribution in [2.75, 3.05) is 16.0 Å². The number of carbonyl (C=O) groups is 2. The summed E-state index contributed by atoms with van der Waals surface area (Å²) in [5.41, 5.74) is 6.20. The monoisotopic (exact) mass is 695 g/mol. The molecule has 7 aromatic rings. The van der Waals surface area contributed by atoms with Crippen LogP contribution < -0.4 is 16.0 Å². The smallest absolute Gasteiger partial charge is 0.323 e. The summed E-state index contributed by atoms with van der Waals surface area (Å²) in [4.78, 5) is 29.0. The Hall–Kier alpha value is -6.53. The van der Waals surface area contributed by atoms with E-state index in [1.807, 2.05) is 84.5 Å². The molecule has 0 bridgehead atoms. The van der Waals surface area contributed by atoms with Gasteiger partial charge in [0, 0.05) is 59.4 Å². The SMILES string of the molecule is CCn1cc(-c2ccnc3c2cc(-c2ccc(NC(C)=O)cc2)n3S(=O)(=O)c2ccccc2)c(-c2ccc(NC(=O)Nc3ccccc3)cc2)n1. The number of carbonyl (C=O) groups excluding carboxylic acids is 2. The van der Waals surface area contributed by atoms with Crippen LogP contribution in [0.25, 0.3) is 44.7 Å². The van der Waals surface area contributed by atoms with Crippen molar-refractivity contribution in [3.05, 3.63) is 134 Å². The minimum Gasteiger partial charge on any atom is -0.326 e. The van der Waals surface area contributed by atoms with E-state index in [1.165, 1.54) is 10.9 Å². The number of anilines is 3. The molecule has 12 heteroatoms. The molecule has 0 fully saturated rings. The largest absolute Gasteiger partial charge is 0.326 e. The highest BCUT2D eigenvalue weighted by Gasteiger charge is 2.27. The fourth-order valence-corrected chi connectivity index (χ4v) is 7.40. The first-order valence-electron chi connectivity index (χ1n) is 16.2. The van der Waals surface area contributed by atoms with Crippen LogP contribution >= 0.6 is 0 Å². The van der Waals surface area contributed by atoms with Crippen molar-refractivity contribution in [1.82, 2.24) is 18.7 Å². The van der Waals surface area contributed by atoms with Crippen LogP contribution in [0.1, 0.15) is 13.8 Å². The average Bonchev–Trinajstić information content (AvgIpc) is 3.76. The number of fused-ring (bicyclic) bond motifs is 1. The highest BCUT2D eigenvalue weighted by atomic mass is 32.2. The molecule has 0 radical (unpaired) electrons. The minimum absolute atomic E-state index is 0.122. The topological polar surface area (TPSA) is 140 Å². The summed E-state index contributed by atoms with van der Waals surface area (Å²) in [5, 5.41) is 13.9. The standard InChI is InChI=1S/C39H33N7O4S/c1-3-45-25-35(37(44-45)28-16-20-31(21-17-28)43-39(48)42-29-10-6-4-7-11-29)33-22-23-40-38-34(33)24-36(27-14-18-30(19-15-27)41-26(2)47)46(38)51(49,50)32-12-8-5-9-13-32/h4-25H,3H2,1-2H3,(H,41,47)(H2,42,43,48). The Labute approximate surface area is 294 Å². The summed E-state index contributed by atoms with van der Waals surface area (Å²) in [6.45, 7) is 4.03. The summed E-state index contributed by atoms with van der Waals surface area (Å²) in [7, 11) is -4.10. The Morgan fingerprint density at radius 3 is 1.92 bits per heavy atom. The second-order valence-corrected chi connectivity index (χ2v) is 13.5. The summed E-state index contributed by atoms with van der Waals surface area (Å²) in [5.74, 6) is -0.208. The van der Waals surface area contributed by atoms with Gasteiger partial charge in [-0.2, -0.15) is 5.10 Å². The highest BCUT2D eigenvalue weighted by Crippen LogP contribution is 2.40. The molecule has 0 unspecified atom stereocenters. The quantitative estimate of drug-likeness (QED) is 0.139. The molecule has 0 saturated carbocycles. The van der Waals surface area contributed by atoms with Gasteiger partial charge in [0.25, 0.3) is 10.0 Å². The van der Waals surface area contributed by atoms with Crippen LogP contribution in [0.5, 0.6) is 0 Å². The third kappa shape index (κ3) is 6.72. The molecular weight excluding hydrogens is 663 g/mol. The number of benzene rings is 4. The number of amides is 3. The molecule has 11 nitrogen and oxygen atoms in total. The molecule has 254 valence electrons. The molecule has 3 amide bonds. The predicted octanol–water partition coefficient (Wildman–Crippen LogP) is 8.09. The van der Waals surface area contributed by atoms with Crippen molar-refractivity contribution in [1.29, 1.82) is 0 Å². The maximum atomic E-state index is 14.3. The zero-order valence-electron chi connectivity index (χ0n) is 27.7. The lowest BCUT2D eigenvalue weighted by atomic mass is 10.00. The van der Waals surface area contributed by atoms with Gasteiger partial charge in [0.15, 0.2) is 5.65 Å². The van der Waals surface area contributed by atoms with Gasteiger partial charge in [0.2, 0.25) is 5.91 Å². The van der Waals surface area contributed by atoms with E-state index in [-0.39, 0.29) is 22.5 Å². The third-order valence-electron chi connectivity index (χ3n) is 8.27. The van der Waals surface area contributed by atoms with Crippen LogP contribution in [-0.2, 0) is 21.4 Å². The van der Waals surface area contributed by atoms with E-state index in [9.17, 15) is 18.0 Å². The van der Waals surface area contributed by atoms with Gasteiger partial charge in [-0.15, -0.1) is 0 Å². The molecule has 7 rings (SSSR count). The van der Waals surface area contributed by atoms with Gasteiger partial charge in [-0.25, -0.2) is 22.2 Å². The van der Waals surface area contributed by atoms with Crippen molar-refractivity contribution in [3.8, 4) is 33.6 Å². The number of rotatable bonds is 9. The lowest BCUT2D eigenvalue weighted by Gasteiger charge is -2.12. The van der Waals surface area contributed by atoms with Crippen molar-refractivity contribution in [2.45, 2.75) is 25.3 Å². The number of aromatic nitrogens is 4. The van der Waals surface area contributed by atoms with E-state index in [2.05, 4.69) is 20.9 Å². The number of nitrogens with one attached hydrogen (secondary N) is 3. The van der Waals surface area contributed by atoms with Crippen LogP contribution in [0.15, 0.2) is 139 Å². The maximum absolute atomic E-state index is 14.3. The second kappa shape index (κ2) is 13.8. The molecule has 0 spiro atoms. The molecule has 0 atom stereocenters. The molecule has 0 aliphatic carbocycles. The van der Waals surface area contributed by atoms with Crippen LogP contribution in [0.4, 0.5) is 21.9 Å². The number of hydrogen-bond acceptors (Lipinski definition) is 6. The van der Waals surface area contributed by atoms with Crippen LogP contribution in [-0.4, -0.2) is 39.1 Å². The number of hydrogen-bond donors (Lipinski definition) is 3. The van der Waals surface area contributed by atoms with Gasteiger partial charge in [0.1, 0.15) is 5.69 Å². The van der Waals surface area contributed by atoms with Gasteiger partial charge < -0.3 is 16.0 Å².